The van der Waals surface area contributed by atoms with E-state index in [1.165, 1.54) is 12.1 Å². The first-order chi connectivity index (χ1) is 23.1. The standard InChI is InChI=1S/C41H49FN2O5/c1-26(2)37-36(39(46)43-31-12-10-9-11-13-31)35(28-16-14-27(3)15-17-28)38(29-18-20-30(42)21-19-29)44(37)23-22-32-24-33(48-41(7,8)47-32)25-34(45)49-40(4,5)6/h9-21,26,32-33H,22-25H2,1-8H3,(H,43,46)/t32-,33-/m1/s1. The zero-order valence-electron chi connectivity index (χ0n) is 29.9. The van der Waals surface area contributed by atoms with E-state index in [9.17, 15) is 14.0 Å². The van der Waals surface area contributed by atoms with Gasteiger partial charge in [0.2, 0.25) is 0 Å². The van der Waals surface area contributed by atoms with E-state index < -0.39 is 11.4 Å². The van der Waals surface area contributed by atoms with Crippen LogP contribution in [0.25, 0.3) is 22.4 Å². The third kappa shape index (κ3) is 9.05. The molecule has 49 heavy (non-hydrogen) atoms. The lowest BCUT2D eigenvalue weighted by Gasteiger charge is -2.41. The Balaban J connectivity index is 1.60. The van der Waals surface area contributed by atoms with Crippen molar-refractivity contribution in [2.45, 2.75) is 111 Å². The Hall–Kier alpha value is -4.27. The summed E-state index contributed by atoms with van der Waals surface area (Å²) in [6.45, 7) is 16.0. The molecule has 1 fully saturated rings. The largest absolute Gasteiger partial charge is 0.460 e. The first kappa shape index (κ1) is 36.0. The van der Waals surface area contributed by atoms with Gasteiger partial charge in [0.1, 0.15) is 11.4 Å². The summed E-state index contributed by atoms with van der Waals surface area (Å²) in [6, 6.07) is 24.0. The van der Waals surface area contributed by atoms with E-state index in [-0.39, 0.29) is 42.2 Å². The van der Waals surface area contributed by atoms with E-state index in [2.05, 4.69) is 23.7 Å². The topological polar surface area (TPSA) is 78.8 Å². The van der Waals surface area contributed by atoms with E-state index in [1.54, 1.807) is 12.1 Å². The molecule has 1 amide bonds. The Bertz CT molecular complexity index is 1750. The van der Waals surface area contributed by atoms with E-state index in [4.69, 9.17) is 14.2 Å². The van der Waals surface area contributed by atoms with E-state index >= 15 is 0 Å². The second-order valence-electron chi connectivity index (χ2n) is 14.7. The number of aryl methyl sites for hydroxylation is 1. The van der Waals surface area contributed by atoms with Gasteiger partial charge in [-0.3, -0.25) is 9.59 Å². The normalized spacial score (nSPS) is 17.6. The lowest BCUT2D eigenvalue weighted by Crippen LogP contribution is -2.46. The van der Waals surface area contributed by atoms with Crippen LogP contribution in [0.4, 0.5) is 10.1 Å². The molecular weight excluding hydrogens is 619 g/mol. The zero-order valence-corrected chi connectivity index (χ0v) is 29.9. The SMILES string of the molecule is Cc1ccc(-c2c(C(=O)Nc3ccccc3)c(C(C)C)n(CC[C@@H]3C[C@H](CC(=O)OC(C)(C)C)OC(C)(C)O3)c2-c2ccc(F)cc2)cc1. The monoisotopic (exact) mass is 668 g/mol. The fourth-order valence-corrected chi connectivity index (χ4v) is 6.69. The van der Waals surface area contributed by atoms with Crippen molar-refractivity contribution in [1.82, 2.24) is 4.57 Å². The molecule has 5 rings (SSSR count). The second kappa shape index (κ2) is 14.7. The molecular formula is C41H49FN2O5. The van der Waals surface area contributed by atoms with Gasteiger partial charge in [-0.1, -0.05) is 61.9 Å². The van der Waals surface area contributed by atoms with Crippen molar-refractivity contribution >= 4 is 17.6 Å². The van der Waals surface area contributed by atoms with Gasteiger partial charge < -0.3 is 24.1 Å². The summed E-state index contributed by atoms with van der Waals surface area (Å²) in [5, 5.41) is 3.14. The molecule has 8 heteroatoms. The smallest absolute Gasteiger partial charge is 0.308 e. The van der Waals surface area contributed by atoms with Gasteiger partial charge in [0.15, 0.2) is 5.79 Å². The number of aromatic nitrogens is 1. The van der Waals surface area contributed by atoms with Gasteiger partial charge in [-0.2, -0.15) is 0 Å². The maximum atomic E-state index is 14.4. The van der Waals surface area contributed by atoms with Gasteiger partial charge >= 0.3 is 5.97 Å². The number of carbonyl (C=O) groups is 2. The van der Waals surface area contributed by atoms with Gasteiger partial charge in [-0.05, 0) is 101 Å². The molecule has 0 saturated carbocycles. The molecule has 1 aliphatic heterocycles. The number of nitrogens with zero attached hydrogens (tertiary/aromatic N) is 1. The number of ether oxygens (including phenoxy) is 3. The first-order valence-corrected chi connectivity index (χ1v) is 17.1. The van der Waals surface area contributed by atoms with Crippen LogP contribution in [-0.2, 0) is 25.5 Å². The van der Waals surface area contributed by atoms with Crippen molar-refractivity contribution < 1.29 is 28.2 Å². The summed E-state index contributed by atoms with van der Waals surface area (Å²) >= 11 is 0. The van der Waals surface area contributed by atoms with Crippen molar-refractivity contribution in [3.63, 3.8) is 0 Å². The van der Waals surface area contributed by atoms with Gasteiger partial charge in [-0.15, -0.1) is 0 Å². The van der Waals surface area contributed by atoms with Crippen molar-refractivity contribution in [3.8, 4) is 22.4 Å². The van der Waals surface area contributed by atoms with Gasteiger partial charge in [0, 0.05) is 29.9 Å². The summed E-state index contributed by atoms with van der Waals surface area (Å²) in [5.41, 5.74) is 5.99. The van der Waals surface area contributed by atoms with Crippen LogP contribution in [0.5, 0.6) is 0 Å². The number of hydrogen-bond acceptors (Lipinski definition) is 5. The number of esters is 1. The number of hydrogen-bond donors (Lipinski definition) is 1. The predicted molar refractivity (Wildman–Crippen MR) is 192 cm³/mol. The van der Waals surface area contributed by atoms with Crippen molar-refractivity contribution in [1.29, 1.82) is 0 Å². The highest BCUT2D eigenvalue weighted by Gasteiger charge is 2.38. The molecule has 0 aliphatic carbocycles. The molecule has 0 spiro atoms. The average molecular weight is 669 g/mol. The molecule has 3 aromatic carbocycles. The van der Waals surface area contributed by atoms with E-state index in [1.807, 2.05) is 96.1 Å². The van der Waals surface area contributed by atoms with E-state index in [0.717, 1.165) is 33.6 Å². The molecule has 1 aliphatic rings. The number of rotatable bonds is 10. The number of nitrogens with one attached hydrogen (secondary N) is 1. The number of para-hydroxylation sites is 1. The Kier molecular flexibility index (Phi) is 10.8. The van der Waals surface area contributed by atoms with Crippen LogP contribution in [0.1, 0.15) is 95.3 Å². The maximum Gasteiger partial charge on any atom is 0.308 e. The third-order valence-electron chi connectivity index (χ3n) is 8.48. The fraction of sp³-hybridized carbons (Fsp3) is 0.415. The molecule has 1 saturated heterocycles. The Labute approximate surface area is 289 Å². The minimum Gasteiger partial charge on any atom is -0.460 e. The summed E-state index contributed by atoms with van der Waals surface area (Å²) < 4.78 is 34.7. The molecule has 0 radical (unpaired) electrons. The molecule has 2 atom stereocenters. The molecule has 1 N–H and O–H groups in total. The summed E-state index contributed by atoms with van der Waals surface area (Å²) in [6.07, 6.45) is 0.629. The Morgan fingerprint density at radius 3 is 2.16 bits per heavy atom. The molecule has 0 unspecified atom stereocenters. The van der Waals surface area contributed by atoms with Crippen molar-refractivity contribution in [2.75, 3.05) is 5.32 Å². The second-order valence-corrected chi connectivity index (χ2v) is 14.7. The van der Waals surface area contributed by atoms with Crippen LogP contribution >= 0.6 is 0 Å². The number of halogens is 1. The number of benzene rings is 3. The first-order valence-electron chi connectivity index (χ1n) is 17.1. The highest BCUT2D eigenvalue weighted by molar-refractivity contribution is 6.12. The van der Waals surface area contributed by atoms with Crippen molar-refractivity contribution in [3.05, 3.63) is 102 Å². The van der Waals surface area contributed by atoms with Crippen LogP contribution in [0.2, 0.25) is 0 Å². The van der Waals surface area contributed by atoms with Crippen molar-refractivity contribution in [2.24, 2.45) is 0 Å². The van der Waals surface area contributed by atoms with Crippen LogP contribution in [0.3, 0.4) is 0 Å². The Morgan fingerprint density at radius 2 is 1.55 bits per heavy atom. The molecule has 7 nitrogen and oxygen atoms in total. The molecule has 260 valence electrons. The molecule has 1 aromatic heterocycles. The van der Waals surface area contributed by atoms with Gasteiger partial charge in [0.05, 0.1) is 29.9 Å². The van der Waals surface area contributed by atoms with Gasteiger partial charge in [0.25, 0.3) is 5.91 Å². The lowest BCUT2D eigenvalue weighted by atomic mass is 9.94. The van der Waals surface area contributed by atoms with Crippen LogP contribution in [-0.4, -0.2) is 40.0 Å². The Morgan fingerprint density at radius 1 is 0.939 bits per heavy atom. The average Bonchev–Trinajstić information content (AvgIpc) is 3.35. The molecule has 0 bridgehead atoms. The summed E-state index contributed by atoms with van der Waals surface area (Å²) in [5.74, 6) is -1.80. The minimum absolute atomic E-state index is 0.0399. The number of amides is 1. The number of anilines is 1. The highest BCUT2D eigenvalue weighted by Crippen LogP contribution is 2.43. The number of carbonyl (C=O) groups excluding carboxylic acids is 2. The van der Waals surface area contributed by atoms with Crippen LogP contribution in [0, 0.1) is 12.7 Å². The van der Waals surface area contributed by atoms with Crippen LogP contribution < -0.4 is 5.32 Å². The molecule has 4 aromatic rings. The zero-order chi connectivity index (χ0) is 35.5. The molecule has 2 heterocycles. The quantitative estimate of drug-likeness (QED) is 0.170. The lowest BCUT2D eigenvalue weighted by molar-refractivity contribution is -0.301. The predicted octanol–water partition coefficient (Wildman–Crippen LogP) is 9.68. The van der Waals surface area contributed by atoms with Crippen LogP contribution in [0.15, 0.2) is 78.9 Å². The van der Waals surface area contributed by atoms with E-state index in [0.29, 0.717) is 30.6 Å². The maximum absolute atomic E-state index is 14.4. The summed E-state index contributed by atoms with van der Waals surface area (Å²) in [4.78, 5) is 27.2. The van der Waals surface area contributed by atoms with Gasteiger partial charge in [-0.25, -0.2) is 4.39 Å². The summed E-state index contributed by atoms with van der Waals surface area (Å²) in [7, 11) is 0. The highest BCUT2D eigenvalue weighted by atomic mass is 19.1. The fourth-order valence-electron chi connectivity index (χ4n) is 6.69. The third-order valence-corrected chi connectivity index (χ3v) is 8.48. The minimum atomic E-state index is -0.902.